The Morgan fingerprint density at radius 2 is 2.00 bits per heavy atom. The molecule has 1 aromatic rings. The van der Waals surface area contributed by atoms with Crippen LogP contribution in [-0.2, 0) is 19.4 Å². The molecule has 0 N–H and O–H groups in total. The minimum atomic E-state index is -3.75. The van der Waals surface area contributed by atoms with E-state index in [0.717, 1.165) is 6.42 Å². The van der Waals surface area contributed by atoms with E-state index >= 15 is 0 Å². The molecule has 1 fully saturated rings. The average molecular weight is 311 g/mol. The molecule has 0 spiro atoms. The number of hydrogen-bond donors (Lipinski definition) is 0. The maximum atomic E-state index is 12.2. The fourth-order valence-electron chi connectivity index (χ4n) is 1.93. The third-order valence-electron chi connectivity index (χ3n) is 3.23. The average Bonchev–Trinajstić information content (AvgIpc) is 2.36. The predicted molar refractivity (Wildman–Crippen MR) is 75.6 cm³/mol. The van der Waals surface area contributed by atoms with Gasteiger partial charge in [-0.1, -0.05) is 6.07 Å². The van der Waals surface area contributed by atoms with Crippen molar-refractivity contribution in [2.75, 3.05) is 25.4 Å². The molecule has 1 aromatic carbocycles. The van der Waals surface area contributed by atoms with Gasteiger partial charge in [0, 0.05) is 13.1 Å². The Bertz CT molecular complexity index is 649. The first-order chi connectivity index (χ1) is 9.94. The molecule has 0 radical (unpaired) electrons. The lowest BCUT2D eigenvalue weighted by Gasteiger charge is -2.30. The number of esters is 1. The van der Waals surface area contributed by atoms with Crippen LogP contribution in [0.15, 0.2) is 29.2 Å². The Balaban J connectivity index is 2.17. The molecule has 1 saturated heterocycles. The van der Waals surface area contributed by atoms with Crippen LogP contribution in [0.5, 0.6) is 0 Å². The van der Waals surface area contributed by atoms with E-state index in [4.69, 9.17) is 4.74 Å². The molecule has 1 heterocycles. The van der Waals surface area contributed by atoms with E-state index in [1.807, 2.05) is 0 Å². The quantitative estimate of drug-likeness (QED) is 0.754. The standard InChI is InChI=1S/C14H17NO5S/c1-2-20-14(17)11-5-3-6-12(9-11)21(18,19)10-13(16)15-7-4-8-15/h3,5-6,9H,2,4,7-8,10H2,1H3. The molecule has 0 saturated carbocycles. The van der Waals surface area contributed by atoms with E-state index in [1.54, 1.807) is 6.92 Å². The molecule has 0 aliphatic carbocycles. The second-order valence-electron chi connectivity index (χ2n) is 4.74. The highest BCUT2D eigenvalue weighted by Gasteiger charge is 2.27. The summed E-state index contributed by atoms with van der Waals surface area (Å²) in [6.07, 6.45) is 0.907. The predicted octanol–water partition coefficient (Wildman–Crippen LogP) is 0.869. The van der Waals surface area contributed by atoms with Crippen molar-refractivity contribution in [2.24, 2.45) is 0 Å². The van der Waals surface area contributed by atoms with Crippen LogP contribution in [0.4, 0.5) is 0 Å². The molecule has 2 rings (SSSR count). The summed E-state index contributed by atoms with van der Waals surface area (Å²) in [7, 11) is -3.75. The van der Waals surface area contributed by atoms with Crippen molar-refractivity contribution >= 4 is 21.7 Å². The Morgan fingerprint density at radius 3 is 2.57 bits per heavy atom. The lowest BCUT2D eigenvalue weighted by atomic mass is 10.2. The molecule has 6 nitrogen and oxygen atoms in total. The zero-order chi connectivity index (χ0) is 15.5. The molecule has 0 bridgehead atoms. The van der Waals surface area contributed by atoms with E-state index in [2.05, 4.69) is 0 Å². The molecule has 114 valence electrons. The summed E-state index contributed by atoms with van der Waals surface area (Å²) in [5, 5.41) is 0. The minimum absolute atomic E-state index is 0.0399. The molecule has 0 aromatic heterocycles. The van der Waals surface area contributed by atoms with Crippen molar-refractivity contribution in [3.05, 3.63) is 29.8 Å². The number of carbonyl (C=O) groups is 2. The van der Waals surface area contributed by atoms with Gasteiger partial charge < -0.3 is 9.64 Å². The second kappa shape index (κ2) is 6.26. The molecule has 0 unspecified atom stereocenters. The first-order valence-corrected chi connectivity index (χ1v) is 8.37. The topological polar surface area (TPSA) is 80.8 Å². The number of benzene rings is 1. The van der Waals surface area contributed by atoms with Gasteiger partial charge in [-0.3, -0.25) is 4.79 Å². The van der Waals surface area contributed by atoms with Crippen molar-refractivity contribution < 1.29 is 22.7 Å². The Labute approximate surface area is 123 Å². The van der Waals surface area contributed by atoms with Gasteiger partial charge in [0.15, 0.2) is 9.84 Å². The van der Waals surface area contributed by atoms with Crippen LogP contribution in [0, 0.1) is 0 Å². The Hall–Kier alpha value is -1.89. The van der Waals surface area contributed by atoms with Crippen LogP contribution < -0.4 is 0 Å². The van der Waals surface area contributed by atoms with E-state index < -0.39 is 27.5 Å². The van der Waals surface area contributed by atoms with Gasteiger partial charge >= 0.3 is 5.97 Å². The zero-order valence-electron chi connectivity index (χ0n) is 11.7. The van der Waals surface area contributed by atoms with Crippen LogP contribution in [0.3, 0.4) is 0 Å². The first-order valence-electron chi connectivity index (χ1n) is 6.72. The highest BCUT2D eigenvalue weighted by molar-refractivity contribution is 7.92. The highest BCUT2D eigenvalue weighted by atomic mass is 32.2. The molecule has 1 aliphatic heterocycles. The SMILES string of the molecule is CCOC(=O)c1cccc(S(=O)(=O)CC(=O)N2CCC2)c1. The van der Waals surface area contributed by atoms with E-state index in [9.17, 15) is 18.0 Å². The zero-order valence-corrected chi connectivity index (χ0v) is 12.6. The van der Waals surface area contributed by atoms with Gasteiger partial charge in [-0.25, -0.2) is 13.2 Å². The second-order valence-corrected chi connectivity index (χ2v) is 6.73. The smallest absolute Gasteiger partial charge is 0.338 e. The molecule has 0 atom stereocenters. The Kier molecular flexibility index (Phi) is 4.62. The lowest BCUT2D eigenvalue weighted by Crippen LogP contribution is -2.44. The number of amides is 1. The van der Waals surface area contributed by atoms with Crippen LogP contribution in [0.25, 0.3) is 0 Å². The first kappa shape index (κ1) is 15.5. The van der Waals surface area contributed by atoms with Crippen molar-refractivity contribution in [1.29, 1.82) is 0 Å². The summed E-state index contributed by atoms with van der Waals surface area (Å²) in [6, 6.07) is 5.57. The van der Waals surface area contributed by atoms with Crippen LogP contribution in [0.2, 0.25) is 0 Å². The number of ether oxygens (including phenoxy) is 1. The van der Waals surface area contributed by atoms with Gasteiger partial charge in [0.05, 0.1) is 17.1 Å². The van der Waals surface area contributed by atoms with Gasteiger partial charge in [-0.2, -0.15) is 0 Å². The molecule has 1 aliphatic rings. The summed E-state index contributed by atoms with van der Waals surface area (Å²) in [4.78, 5) is 24.9. The van der Waals surface area contributed by atoms with Crippen LogP contribution >= 0.6 is 0 Å². The third kappa shape index (κ3) is 3.60. The van der Waals surface area contributed by atoms with E-state index in [1.165, 1.54) is 29.2 Å². The van der Waals surface area contributed by atoms with Crippen molar-refractivity contribution in [1.82, 2.24) is 4.90 Å². The van der Waals surface area contributed by atoms with Crippen molar-refractivity contribution in [3.63, 3.8) is 0 Å². The fraction of sp³-hybridized carbons (Fsp3) is 0.429. The number of nitrogens with zero attached hydrogens (tertiary/aromatic N) is 1. The Morgan fingerprint density at radius 1 is 1.29 bits per heavy atom. The maximum Gasteiger partial charge on any atom is 0.338 e. The van der Waals surface area contributed by atoms with Gasteiger partial charge in [0.25, 0.3) is 0 Å². The van der Waals surface area contributed by atoms with Gasteiger partial charge in [0.2, 0.25) is 5.91 Å². The summed E-state index contributed by atoms with van der Waals surface area (Å²) in [5.41, 5.74) is 0.161. The molecule has 21 heavy (non-hydrogen) atoms. The maximum absolute atomic E-state index is 12.2. The number of rotatable bonds is 5. The largest absolute Gasteiger partial charge is 0.462 e. The normalized spacial score (nSPS) is 14.4. The number of hydrogen-bond acceptors (Lipinski definition) is 5. The molecular formula is C14H17NO5S. The number of likely N-dealkylation sites (tertiary alicyclic amines) is 1. The van der Waals surface area contributed by atoms with Crippen LogP contribution in [0.1, 0.15) is 23.7 Å². The summed E-state index contributed by atoms with van der Waals surface area (Å²) < 4.78 is 29.3. The monoisotopic (exact) mass is 311 g/mol. The lowest BCUT2D eigenvalue weighted by molar-refractivity contribution is -0.131. The summed E-state index contributed by atoms with van der Waals surface area (Å²) >= 11 is 0. The van der Waals surface area contributed by atoms with Gasteiger partial charge in [-0.15, -0.1) is 0 Å². The number of carbonyl (C=O) groups excluding carboxylic acids is 2. The minimum Gasteiger partial charge on any atom is -0.462 e. The summed E-state index contributed by atoms with van der Waals surface area (Å²) in [5.74, 6) is -1.55. The molecule has 1 amide bonds. The molecular weight excluding hydrogens is 294 g/mol. The highest BCUT2D eigenvalue weighted by Crippen LogP contribution is 2.16. The van der Waals surface area contributed by atoms with Gasteiger partial charge in [-0.05, 0) is 31.5 Å². The number of sulfone groups is 1. The van der Waals surface area contributed by atoms with E-state index in [-0.39, 0.29) is 17.1 Å². The fourth-order valence-corrected chi connectivity index (χ4v) is 3.20. The van der Waals surface area contributed by atoms with Crippen molar-refractivity contribution in [3.8, 4) is 0 Å². The summed E-state index contributed by atoms with van der Waals surface area (Å²) in [6.45, 7) is 3.10. The van der Waals surface area contributed by atoms with Crippen LogP contribution in [-0.4, -0.2) is 50.6 Å². The third-order valence-corrected chi connectivity index (χ3v) is 4.83. The van der Waals surface area contributed by atoms with Crippen molar-refractivity contribution in [2.45, 2.75) is 18.2 Å². The van der Waals surface area contributed by atoms with E-state index in [0.29, 0.717) is 13.1 Å². The van der Waals surface area contributed by atoms with Gasteiger partial charge in [0.1, 0.15) is 5.75 Å². The molecule has 7 heteroatoms.